The van der Waals surface area contributed by atoms with Crippen LogP contribution in [-0.2, 0) is 16.4 Å². The molecule has 1 aromatic rings. The Morgan fingerprint density at radius 3 is 2.70 bits per heavy atom. The normalized spacial score (nSPS) is 21.6. The van der Waals surface area contributed by atoms with E-state index in [-0.39, 0.29) is 11.8 Å². The Bertz CT molecular complexity index is 504. The van der Waals surface area contributed by atoms with Crippen molar-refractivity contribution in [3.8, 4) is 0 Å². The fraction of sp³-hybridized carbons (Fsp3) is 0.643. The largest absolute Gasteiger partial charge is 0.329 e. The average molecular weight is 297 g/mol. The zero-order valence-electron chi connectivity index (χ0n) is 11.7. The summed E-state index contributed by atoms with van der Waals surface area (Å²) < 4.78 is 26.7. The van der Waals surface area contributed by atoms with Gasteiger partial charge in [0.15, 0.2) is 0 Å². The van der Waals surface area contributed by atoms with Crippen LogP contribution < -0.4 is 5.73 Å². The van der Waals surface area contributed by atoms with Crippen LogP contribution in [0.3, 0.4) is 0 Å². The monoisotopic (exact) mass is 297 g/mol. The molecule has 0 aliphatic carbocycles. The van der Waals surface area contributed by atoms with Crippen molar-refractivity contribution in [3.63, 3.8) is 0 Å². The Balaban J connectivity index is 2.04. The van der Waals surface area contributed by atoms with Gasteiger partial charge in [-0.3, -0.25) is 4.98 Å². The van der Waals surface area contributed by atoms with E-state index in [2.05, 4.69) is 4.98 Å². The highest BCUT2D eigenvalue weighted by Crippen LogP contribution is 2.20. The number of sulfonamides is 1. The van der Waals surface area contributed by atoms with E-state index in [0.717, 1.165) is 31.2 Å². The molecule has 0 aromatic carbocycles. The number of pyridine rings is 1. The SMILES string of the molecule is NCC1CCCCCN1S(=O)(=O)CCc1ccncc1. The minimum atomic E-state index is -3.23. The van der Waals surface area contributed by atoms with Gasteiger partial charge in [-0.25, -0.2) is 8.42 Å². The standard InChI is InChI=1S/C14H23N3O2S/c15-12-14-4-2-1-3-10-17(14)20(18,19)11-7-13-5-8-16-9-6-13/h5-6,8-9,14H,1-4,7,10-12,15H2. The van der Waals surface area contributed by atoms with Crippen LogP contribution >= 0.6 is 0 Å². The zero-order chi connectivity index (χ0) is 14.4. The van der Waals surface area contributed by atoms with E-state index in [1.165, 1.54) is 0 Å². The van der Waals surface area contributed by atoms with Gasteiger partial charge in [-0.2, -0.15) is 4.31 Å². The van der Waals surface area contributed by atoms with Crippen LogP contribution in [0.2, 0.25) is 0 Å². The maximum Gasteiger partial charge on any atom is 0.214 e. The van der Waals surface area contributed by atoms with Crippen molar-refractivity contribution in [2.24, 2.45) is 5.73 Å². The van der Waals surface area contributed by atoms with Crippen molar-refractivity contribution in [1.29, 1.82) is 0 Å². The Morgan fingerprint density at radius 1 is 1.25 bits per heavy atom. The first-order chi connectivity index (χ1) is 9.63. The predicted octanol–water partition coefficient (Wildman–Crippen LogP) is 1.16. The first-order valence-corrected chi connectivity index (χ1v) is 8.83. The van der Waals surface area contributed by atoms with Crippen molar-refractivity contribution in [3.05, 3.63) is 30.1 Å². The lowest BCUT2D eigenvalue weighted by Gasteiger charge is -2.28. The number of hydrogen-bond donors (Lipinski definition) is 1. The quantitative estimate of drug-likeness (QED) is 0.884. The molecule has 1 aliphatic heterocycles. The zero-order valence-corrected chi connectivity index (χ0v) is 12.6. The number of nitrogens with two attached hydrogens (primary N) is 1. The smallest absolute Gasteiger partial charge is 0.214 e. The molecule has 1 aromatic heterocycles. The molecule has 6 heteroatoms. The molecule has 20 heavy (non-hydrogen) atoms. The van der Waals surface area contributed by atoms with E-state index in [9.17, 15) is 8.42 Å². The van der Waals surface area contributed by atoms with Crippen LogP contribution in [0.15, 0.2) is 24.5 Å². The molecule has 1 aliphatic rings. The summed E-state index contributed by atoms with van der Waals surface area (Å²) in [6.45, 7) is 1.02. The summed E-state index contributed by atoms with van der Waals surface area (Å²) in [5.74, 6) is 0.146. The molecule has 1 atom stereocenters. The maximum absolute atomic E-state index is 12.5. The van der Waals surface area contributed by atoms with Crippen LogP contribution in [0.25, 0.3) is 0 Å². The Kier molecular flexibility index (Phi) is 5.51. The second-order valence-corrected chi connectivity index (χ2v) is 7.31. The lowest BCUT2D eigenvalue weighted by Crippen LogP contribution is -2.45. The Labute approximate surface area is 121 Å². The molecular formula is C14H23N3O2S. The third kappa shape index (κ3) is 4.01. The van der Waals surface area contributed by atoms with Gasteiger partial charge in [-0.1, -0.05) is 12.8 Å². The molecular weight excluding hydrogens is 274 g/mol. The third-order valence-electron chi connectivity index (χ3n) is 3.85. The highest BCUT2D eigenvalue weighted by atomic mass is 32.2. The average Bonchev–Trinajstić information content (AvgIpc) is 2.72. The fourth-order valence-corrected chi connectivity index (χ4v) is 4.45. The lowest BCUT2D eigenvalue weighted by atomic mass is 10.1. The van der Waals surface area contributed by atoms with Crippen molar-refractivity contribution in [2.45, 2.75) is 38.1 Å². The third-order valence-corrected chi connectivity index (χ3v) is 5.77. The molecule has 5 nitrogen and oxygen atoms in total. The van der Waals surface area contributed by atoms with Crippen LogP contribution in [-0.4, -0.2) is 42.6 Å². The summed E-state index contributed by atoms with van der Waals surface area (Å²) >= 11 is 0. The van der Waals surface area contributed by atoms with Gasteiger partial charge in [0.2, 0.25) is 10.0 Å². The predicted molar refractivity (Wildman–Crippen MR) is 79.7 cm³/mol. The molecule has 2 rings (SSSR count). The fourth-order valence-electron chi connectivity index (χ4n) is 2.67. The van der Waals surface area contributed by atoms with E-state index in [0.29, 0.717) is 19.5 Å². The summed E-state index contributed by atoms with van der Waals surface area (Å²) in [5, 5.41) is 0. The molecule has 0 radical (unpaired) electrons. The molecule has 2 N–H and O–H groups in total. The van der Waals surface area contributed by atoms with E-state index in [4.69, 9.17) is 5.73 Å². The number of aryl methyl sites for hydroxylation is 1. The molecule has 0 saturated carbocycles. The van der Waals surface area contributed by atoms with Crippen molar-refractivity contribution < 1.29 is 8.42 Å². The number of hydrogen-bond acceptors (Lipinski definition) is 4. The first kappa shape index (κ1) is 15.4. The topological polar surface area (TPSA) is 76.3 Å². The second-order valence-electron chi connectivity index (χ2n) is 5.27. The molecule has 1 saturated heterocycles. The molecule has 112 valence electrons. The Hall–Kier alpha value is -0.980. The summed E-state index contributed by atoms with van der Waals surface area (Å²) in [6, 6.07) is 3.69. The lowest BCUT2D eigenvalue weighted by molar-refractivity contribution is 0.328. The van der Waals surface area contributed by atoms with E-state index in [1.54, 1.807) is 16.7 Å². The van der Waals surface area contributed by atoms with Gasteiger partial charge in [0.25, 0.3) is 0 Å². The minimum absolute atomic E-state index is 0.0278. The van der Waals surface area contributed by atoms with Gasteiger partial charge < -0.3 is 5.73 Å². The van der Waals surface area contributed by atoms with Crippen molar-refractivity contribution >= 4 is 10.0 Å². The van der Waals surface area contributed by atoms with Crippen LogP contribution in [0.5, 0.6) is 0 Å². The van der Waals surface area contributed by atoms with Gasteiger partial charge in [-0.05, 0) is 37.0 Å². The summed E-state index contributed by atoms with van der Waals surface area (Å²) in [7, 11) is -3.23. The highest BCUT2D eigenvalue weighted by Gasteiger charge is 2.29. The molecule has 1 fully saturated rings. The van der Waals surface area contributed by atoms with Gasteiger partial charge in [-0.15, -0.1) is 0 Å². The van der Waals surface area contributed by atoms with Crippen molar-refractivity contribution in [1.82, 2.24) is 9.29 Å². The minimum Gasteiger partial charge on any atom is -0.329 e. The highest BCUT2D eigenvalue weighted by molar-refractivity contribution is 7.89. The summed E-state index contributed by atoms with van der Waals surface area (Å²) in [6.07, 6.45) is 7.88. The first-order valence-electron chi connectivity index (χ1n) is 7.22. The maximum atomic E-state index is 12.5. The van der Waals surface area contributed by atoms with Gasteiger partial charge >= 0.3 is 0 Å². The van der Waals surface area contributed by atoms with Crippen LogP contribution in [0.4, 0.5) is 0 Å². The molecule has 2 heterocycles. The molecule has 1 unspecified atom stereocenters. The second kappa shape index (κ2) is 7.15. The summed E-state index contributed by atoms with van der Waals surface area (Å²) in [5.41, 5.74) is 6.76. The number of rotatable bonds is 5. The number of aromatic nitrogens is 1. The van der Waals surface area contributed by atoms with Gasteiger partial charge in [0.1, 0.15) is 0 Å². The number of nitrogens with zero attached hydrogens (tertiary/aromatic N) is 2. The van der Waals surface area contributed by atoms with Crippen LogP contribution in [0, 0.1) is 0 Å². The van der Waals surface area contributed by atoms with E-state index < -0.39 is 10.0 Å². The molecule has 0 bridgehead atoms. The van der Waals surface area contributed by atoms with E-state index >= 15 is 0 Å². The summed E-state index contributed by atoms with van der Waals surface area (Å²) in [4.78, 5) is 3.94. The van der Waals surface area contributed by atoms with Crippen LogP contribution in [0.1, 0.15) is 31.2 Å². The molecule has 0 amide bonds. The molecule has 0 spiro atoms. The van der Waals surface area contributed by atoms with Gasteiger partial charge in [0.05, 0.1) is 5.75 Å². The van der Waals surface area contributed by atoms with Gasteiger partial charge in [0, 0.05) is 31.5 Å². The van der Waals surface area contributed by atoms with E-state index in [1.807, 2.05) is 12.1 Å². The Morgan fingerprint density at radius 2 is 2.00 bits per heavy atom. The van der Waals surface area contributed by atoms with Crippen molar-refractivity contribution in [2.75, 3.05) is 18.8 Å².